The van der Waals surface area contributed by atoms with Gasteiger partial charge in [0.1, 0.15) is 6.54 Å². The maximum absolute atomic E-state index is 12.7. The quantitative estimate of drug-likeness (QED) is 0.536. The fraction of sp³-hybridized carbons (Fsp3) is 0.125. The highest BCUT2D eigenvalue weighted by molar-refractivity contribution is 5.91. The number of anilines is 1. The second-order valence-corrected chi connectivity index (χ2v) is 7.00. The average Bonchev–Trinajstić information content (AvgIpc) is 3.16. The van der Waals surface area contributed by atoms with Crippen molar-refractivity contribution in [1.29, 1.82) is 0 Å². The van der Waals surface area contributed by atoms with Gasteiger partial charge in [-0.3, -0.25) is 4.79 Å². The molecule has 0 aliphatic rings. The minimum atomic E-state index is -0.144. The molecule has 0 radical (unpaired) electrons. The molecule has 1 aromatic heterocycles. The van der Waals surface area contributed by atoms with Gasteiger partial charge in [0.05, 0.1) is 0 Å². The first-order valence-corrected chi connectivity index (χ1v) is 9.53. The summed E-state index contributed by atoms with van der Waals surface area (Å²) < 4.78 is 1.66. The summed E-state index contributed by atoms with van der Waals surface area (Å²) in [6.07, 6.45) is 0. The van der Waals surface area contributed by atoms with Crippen LogP contribution in [0.5, 0.6) is 0 Å². The van der Waals surface area contributed by atoms with E-state index in [4.69, 9.17) is 4.98 Å². The van der Waals surface area contributed by atoms with Crippen molar-refractivity contribution >= 4 is 11.6 Å². The van der Waals surface area contributed by atoms with Crippen molar-refractivity contribution < 1.29 is 4.79 Å². The number of rotatable bonds is 5. The maximum atomic E-state index is 12.7. The highest BCUT2D eigenvalue weighted by Gasteiger charge is 2.16. The number of aromatic nitrogens is 3. The van der Waals surface area contributed by atoms with Crippen molar-refractivity contribution in [1.82, 2.24) is 14.8 Å². The first-order valence-electron chi connectivity index (χ1n) is 9.53. The van der Waals surface area contributed by atoms with Gasteiger partial charge in [-0.1, -0.05) is 66.7 Å². The summed E-state index contributed by atoms with van der Waals surface area (Å²) in [5.74, 6) is 1.12. The predicted molar refractivity (Wildman–Crippen MR) is 115 cm³/mol. The molecule has 4 rings (SSSR count). The van der Waals surface area contributed by atoms with Crippen molar-refractivity contribution in [3.63, 3.8) is 0 Å². The van der Waals surface area contributed by atoms with E-state index in [1.165, 1.54) is 5.56 Å². The van der Waals surface area contributed by atoms with Crippen LogP contribution in [0.25, 0.3) is 22.8 Å². The molecule has 5 heteroatoms. The molecule has 4 aromatic rings. The van der Waals surface area contributed by atoms with E-state index < -0.39 is 0 Å². The van der Waals surface area contributed by atoms with Gasteiger partial charge in [-0.15, -0.1) is 5.10 Å². The summed E-state index contributed by atoms with van der Waals surface area (Å²) in [6.45, 7) is 4.16. The largest absolute Gasteiger partial charge is 0.324 e. The van der Waals surface area contributed by atoms with Crippen LogP contribution in [0, 0.1) is 13.8 Å². The Labute approximate surface area is 170 Å². The molecule has 1 N–H and O–H groups in total. The van der Waals surface area contributed by atoms with Gasteiger partial charge in [0.25, 0.3) is 0 Å². The zero-order valence-electron chi connectivity index (χ0n) is 16.5. The number of carbonyl (C=O) groups is 1. The SMILES string of the molecule is Cc1ccc(NC(=O)Cn2nc(-c3ccccc3)nc2-c2ccccc2)cc1C. The lowest BCUT2D eigenvalue weighted by atomic mass is 10.1. The first kappa shape index (κ1) is 18.6. The fourth-order valence-electron chi connectivity index (χ4n) is 3.12. The predicted octanol–water partition coefficient (Wildman–Crippen LogP) is 4.87. The molecule has 0 saturated heterocycles. The maximum Gasteiger partial charge on any atom is 0.246 e. The number of benzene rings is 3. The van der Waals surface area contributed by atoms with E-state index in [0.717, 1.165) is 22.4 Å². The number of hydrogen-bond acceptors (Lipinski definition) is 3. The van der Waals surface area contributed by atoms with Gasteiger partial charge in [0, 0.05) is 16.8 Å². The molecule has 29 heavy (non-hydrogen) atoms. The van der Waals surface area contributed by atoms with E-state index in [1.54, 1.807) is 4.68 Å². The van der Waals surface area contributed by atoms with E-state index in [2.05, 4.69) is 10.4 Å². The molecule has 1 heterocycles. The van der Waals surface area contributed by atoms with Crippen molar-refractivity contribution in [2.75, 3.05) is 5.32 Å². The molecule has 0 bridgehead atoms. The molecular formula is C24H22N4O. The van der Waals surface area contributed by atoms with Crippen LogP contribution in [0.15, 0.2) is 78.9 Å². The van der Waals surface area contributed by atoms with Crippen LogP contribution in [-0.4, -0.2) is 20.7 Å². The highest BCUT2D eigenvalue weighted by Crippen LogP contribution is 2.22. The monoisotopic (exact) mass is 382 g/mol. The van der Waals surface area contributed by atoms with Gasteiger partial charge in [0.15, 0.2) is 11.6 Å². The topological polar surface area (TPSA) is 59.8 Å². The number of aryl methyl sites for hydroxylation is 2. The Kier molecular flexibility index (Phi) is 5.20. The summed E-state index contributed by atoms with van der Waals surface area (Å²) >= 11 is 0. The van der Waals surface area contributed by atoms with E-state index in [0.29, 0.717) is 11.6 Å². The minimum Gasteiger partial charge on any atom is -0.324 e. The molecular weight excluding hydrogens is 360 g/mol. The number of amides is 1. The van der Waals surface area contributed by atoms with Crippen LogP contribution >= 0.6 is 0 Å². The van der Waals surface area contributed by atoms with Crippen molar-refractivity contribution in [2.45, 2.75) is 20.4 Å². The summed E-state index contributed by atoms with van der Waals surface area (Å²) in [7, 11) is 0. The number of carbonyl (C=O) groups excluding carboxylic acids is 1. The van der Waals surface area contributed by atoms with Crippen LogP contribution in [0.3, 0.4) is 0 Å². The van der Waals surface area contributed by atoms with E-state index in [-0.39, 0.29) is 12.5 Å². The van der Waals surface area contributed by atoms with Crippen LogP contribution < -0.4 is 5.32 Å². The summed E-state index contributed by atoms with van der Waals surface area (Å²) in [5.41, 5.74) is 4.94. The van der Waals surface area contributed by atoms with E-state index in [9.17, 15) is 4.79 Å². The lowest BCUT2D eigenvalue weighted by Gasteiger charge is -2.09. The van der Waals surface area contributed by atoms with Gasteiger partial charge in [-0.05, 0) is 37.1 Å². The van der Waals surface area contributed by atoms with Gasteiger partial charge in [-0.25, -0.2) is 9.67 Å². The standard InChI is InChI=1S/C24H22N4O/c1-17-13-14-21(15-18(17)2)25-22(29)16-28-24(20-11-7-4-8-12-20)26-23(27-28)19-9-5-3-6-10-19/h3-15H,16H2,1-2H3,(H,25,29). The lowest BCUT2D eigenvalue weighted by molar-refractivity contribution is -0.116. The van der Waals surface area contributed by atoms with E-state index >= 15 is 0 Å². The summed E-state index contributed by atoms with van der Waals surface area (Å²) in [6, 6.07) is 25.5. The summed E-state index contributed by atoms with van der Waals surface area (Å²) in [4.78, 5) is 17.4. The zero-order valence-corrected chi connectivity index (χ0v) is 16.5. The Morgan fingerprint density at radius 3 is 2.17 bits per heavy atom. The van der Waals surface area contributed by atoms with Crippen molar-refractivity contribution in [3.8, 4) is 22.8 Å². The Hall–Kier alpha value is -3.73. The molecule has 0 saturated carbocycles. The molecule has 1 amide bonds. The Bertz CT molecular complexity index is 1130. The molecule has 144 valence electrons. The Morgan fingerprint density at radius 1 is 0.862 bits per heavy atom. The molecule has 3 aromatic carbocycles. The smallest absolute Gasteiger partial charge is 0.246 e. The van der Waals surface area contributed by atoms with Crippen LogP contribution in [0.2, 0.25) is 0 Å². The third-order valence-corrected chi connectivity index (χ3v) is 4.82. The molecule has 0 spiro atoms. The Balaban J connectivity index is 1.63. The number of nitrogens with one attached hydrogen (secondary N) is 1. The van der Waals surface area contributed by atoms with Gasteiger partial charge in [-0.2, -0.15) is 0 Å². The molecule has 0 fully saturated rings. The van der Waals surface area contributed by atoms with Crippen LogP contribution in [-0.2, 0) is 11.3 Å². The second-order valence-electron chi connectivity index (χ2n) is 7.00. The normalized spacial score (nSPS) is 10.7. The zero-order chi connectivity index (χ0) is 20.2. The van der Waals surface area contributed by atoms with Gasteiger partial charge in [0.2, 0.25) is 5.91 Å². The Morgan fingerprint density at radius 2 is 1.52 bits per heavy atom. The number of nitrogens with zero attached hydrogens (tertiary/aromatic N) is 3. The van der Waals surface area contributed by atoms with E-state index in [1.807, 2.05) is 92.7 Å². The van der Waals surface area contributed by atoms with Crippen molar-refractivity contribution in [2.24, 2.45) is 0 Å². The fourth-order valence-corrected chi connectivity index (χ4v) is 3.12. The van der Waals surface area contributed by atoms with Crippen LogP contribution in [0.1, 0.15) is 11.1 Å². The van der Waals surface area contributed by atoms with Crippen LogP contribution in [0.4, 0.5) is 5.69 Å². The average molecular weight is 382 g/mol. The second kappa shape index (κ2) is 8.10. The first-order chi connectivity index (χ1) is 14.1. The molecule has 0 atom stereocenters. The molecule has 0 aliphatic carbocycles. The van der Waals surface area contributed by atoms with Crippen molar-refractivity contribution in [3.05, 3.63) is 90.0 Å². The molecule has 5 nitrogen and oxygen atoms in total. The number of hydrogen-bond donors (Lipinski definition) is 1. The lowest BCUT2D eigenvalue weighted by Crippen LogP contribution is -2.20. The third kappa shape index (κ3) is 4.24. The minimum absolute atomic E-state index is 0.0803. The third-order valence-electron chi connectivity index (χ3n) is 4.82. The van der Waals surface area contributed by atoms with Gasteiger partial charge < -0.3 is 5.32 Å². The van der Waals surface area contributed by atoms with Gasteiger partial charge >= 0.3 is 0 Å². The highest BCUT2D eigenvalue weighted by atomic mass is 16.2. The molecule has 0 aliphatic heterocycles. The summed E-state index contributed by atoms with van der Waals surface area (Å²) in [5, 5.41) is 7.57. The molecule has 0 unspecified atom stereocenters.